The van der Waals surface area contributed by atoms with Gasteiger partial charge in [0.25, 0.3) is 0 Å². The van der Waals surface area contributed by atoms with Crippen molar-refractivity contribution in [2.45, 2.75) is 87.1 Å². The third kappa shape index (κ3) is 4.51. The van der Waals surface area contributed by atoms with E-state index < -0.39 is 0 Å². The molecule has 0 heterocycles. The molecular formula is C27H35Cl2Zr. The average molecular weight is 522 g/mol. The Morgan fingerprint density at radius 1 is 0.833 bits per heavy atom. The minimum Gasteiger partial charge on any atom is -0.147 e. The van der Waals surface area contributed by atoms with Crippen LogP contribution in [0.5, 0.6) is 0 Å². The van der Waals surface area contributed by atoms with E-state index in [9.17, 15) is 0 Å². The number of aryl methyl sites for hydroxylation is 1. The Balaban J connectivity index is 0.00000128. The smallest absolute Gasteiger partial charge is 0.147 e. The summed E-state index contributed by atoms with van der Waals surface area (Å²) < 4.78 is 0.236. The molecule has 5 rings (SSSR count). The van der Waals surface area contributed by atoms with Crippen molar-refractivity contribution in [3.05, 3.63) is 57.7 Å². The van der Waals surface area contributed by atoms with Crippen LogP contribution < -0.4 is 0 Å². The van der Waals surface area contributed by atoms with Gasteiger partial charge in [-0.3, -0.25) is 0 Å². The second-order valence-electron chi connectivity index (χ2n) is 9.93. The molecule has 4 aliphatic carbocycles. The van der Waals surface area contributed by atoms with E-state index in [0.29, 0.717) is 0 Å². The molecule has 2 fully saturated rings. The maximum atomic E-state index is 2.64. The monoisotopic (exact) mass is 519 g/mol. The number of fused-ring (bicyclic) bond motifs is 3. The molecule has 0 spiro atoms. The van der Waals surface area contributed by atoms with Gasteiger partial charge in [0.2, 0.25) is 0 Å². The molecule has 0 nitrogen and oxygen atoms in total. The van der Waals surface area contributed by atoms with Gasteiger partial charge in [0.05, 0.1) is 0 Å². The molecule has 0 bridgehead atoms. The number of hydrogen-bond donors (Lipinski definition) is 0. The molecule has 0 N–H and O–H groups in total. The molecule has 161 valence electrons. The van der Waals surface area contributed by atoms with E-state index in [4.69, 9.17) is 0 Å². The normalized spacial score (nSPS) is 26.4. The van der Waals surface area contributed by atoms with Gasteiger partial charge in [-0.15, -0.1) is 24.8 Å². The zero-order valence-corrected chi connectivity index (χ0v) is 22.5. The molecule has 0 radical (unpaired) electrons. The van der Waals surface area contributed by atoms with Crippen LogP contribution in [-0.2, 0) is 24.7 Å². The van der Waals surface area contributed by atoms with E-state index in [1.165, 1.54) is 75.3 Å². The molecule has 30 heavy (non-hydrogen) atoms. The van der Waals surface area contributed by atoms with Gasteiger partial charge in [-0.2, -0.15) is 0 Å². The van der Waals surface area contributed by atoms with Gasteiger partial charge >= 0.3 is 187 Å². The first-order chi connectivity index (χ1) is 13.5. The second-order valence-corrected chi connectivity index (χ2v) is 12.5. The largest absolute Gasteiger partial charge is 0.147 e. The van der Waals surface area contributed by atoms with Crippen LogP contribution in [0.4, 0.5) is 0 Å². The first-order valence-corrected chi connectivity index (χ1v) is 12.8. The van der Waals surface area contributed by atoms with Crippen molar-refractivity contribution in [3.63, 3.8) is 0 Å². The van der Waals surface area contributed by atoms with E-state index in [-0.39, 0.29) is 27.9 Å². The van der Waals surface area contributed by atoms with Crippen LogP contribution in [0, 0.1) is 12.8 Å². The van der Waals surface area contributed by atoms with Crippen molar-refractivity contribution in [1.29, 1.82) is 0 Å². The Morgan fingerprint density at radius 2 is 1.43 bits per heavy atom. The predicted octanol–water partition coefficient (Wildman–Crippen LogP) is 8.91. The van der Waals surface area contributed by atoms with Gasteiger partial charge in [0.1, 0.15) is 0 Å². The van der Waals surface area contributed by atoms with Crippen molar-refractivity contribution in [2.75, 3.05) is 0 Å². The third-order valence-corrected chi connectivity index (χ3v) is 8.77. The molecular weight excluding hydrogens is 486 g/mol. The second kappa shape index (κ2) is 9.81. The Bertz CT molecular complexity index is 878. The minimum atomic E-state index is 0. The molecule has 1 aromatic carbocycles. The minimum absolute atomic E-state index is 0. The van der Waals surface area contributed by atoms with E-state index >= 15 is 0 Å². The predicted molar refractivity (Wildman–Crippen MR) is 130 cm³/mol. The summed E-state index contributed by atoms with van der Waals surface area (Å²) in [5.41, 5.74) is 11.0. The number of allylic oxidation sites excluding steroid dienone is 5. The van der Waals surface area contributed by atoms with Crippen LogP contribution in [0.1, 0.15) is 99.3 Å². The van der Waals surface area contributed by atoms with Crippen molar-refractivity contribution < 1.29 is 24.7 Å². The molecule has 2 saturated carbocycles. The van der Waals surface area contributed by atoms with Crippen LogP contribution in [-0.4, -0.2) is 0 Å². The summed E-state index contributed by atoms with van der Waals surface area (Å²) in [5, 5.41) is 0. The summed E-state index contributed by atoms with van der Waals surface area (Å²) in [6.07, 6.45) is 21.9. The molecule has 0 aromatic heterocycles. The molecule has 0 amide bonds. The third-order valence-electron chi connectivity index (χ3n) is 7.76. The van der Waals surface area contributed by atoms with Gasteiger partial charge in [-0.1, -0.05) is 0 Å². The van der Waals surface area contributed by atoms with Gasteiger partial charge in [0, 0.05) is 0 Å². The topological polar surface area (TPSA) is 0 Å². The van der Waals surface area contributed by atoms with E-state index in [0.717, 1.165) is 11.8 Å². The van der Waals surface area contributed by atoms with Crippen molar-refractivity contribution in [3.8, 4) is 0 Å². The summed E-state index contributed by atoms with van der Waals surface area (Å²) >= 11 is 1.63. The zero-order chi connectivity index (χ0) is 19.3. The number of hydrogen-bond acceptors (Lipinski definition) is 0. The average Bonchev–Trinajstić information content (AvgIpc) is 3.09. The summed E-state index contributed by atoms with van der Waals surface area (Å²) in [4.78, 5) is 0. The summed E-state index contributed by atoms with van der Waals surface area (Å²) in [6.45, 7) is 4.81. The Labute approximate surface area is 210 Å². The summed E-state index contributed by atoms with van der Waals surface area (Å²) in [5.74, 6) is 1.59. The number of benzene rings is 1. The fraction of sp³-hybridized carbons (Fsp3) is 0.556. The molecule has 1 atom stereocenters. The summed E-state index contributed by atoms with van der Waals surface area (Å²) in [7, 11) is 0. The van der Waals surface area contributed by atoms with Crippen LogP contribution in [0.15, 0.2) is 35.4 Å². The van der Waals surface area contributed by atoms with Gasteiger partial charge in [0.15, 0.2) is 0 Å². The van der Waals surface area contributed by atoms with Crippen LogP contribution in [0.3, 0.4) is 0 Å². The first kappa shape index (κ1) is 24.5. The first-order valence-electron chi connectivity index (χ1n) is 11.6. The van der Waals surface area contributed by atoms with Crippen molar-refractivity contribution in [1.82, 2.24) is 0 Å². The summed E-state index contributed by atoms with van der Waals surface area (Å²) in [6, 6.07) is 5.10. The standard InChI is InChI=1S/C27H33.2ClH.Zr/c1-18-13-22(20-9-5-3-6-10-20)15-26-24(18)17-25-19(2)14-23(16-27(25)26)21-11-7-4-8-12-21;;;/h13-17,20-21H,3-12H2,1-2H3;2*1H;. The van der Waals surface area contributed by atoms with Gasteiger partial charge in [-0.05, 0) is 0 Å². The van der Waals surface area contributed by atoms with Crippen LogP contribution >= 0.6 is 24.8 Å². The quantitative estimate of drug-likeness (QED) is 0.364. The Kier molecular flexibility index (Phi) is 8.02. The molecule has 1 unspecified atom stereocenters. The van der Waals surface area contributed by atoms with Crippen molar-refractivity contribution in [2.24, 2.45) is 5.92 Å². The molecule has 3 heteroatoms. The maximum Gasteiger partial charge on any atom is -0.147 e. The van der Waals surface area contributed by atoms with Crippen LogP contribution in [0.25, 0.3) is 11.6 Å². The molecule has 0 saturated heterocycles. The van der Waals surface area contributed by atoms with Gasteiger partial charge < -0.3 is 0 Å². The van der Waals surface area contributed by atoms with Crippen LogP contribution in [0.2, 0.25) is 3.12 Å². The molecule has 4 aliphatic rings. The van der Waals surface area contributed by atoms with E-state index in [1.54, 1.807) is 52.6 Å². The van der Waals surface area contributed by atoms with Crippen molar-refractivity contribution >= 4 is 36.5 Å². The molecule has 1 aromatic rings. The van der Waals surface area contributed by atoms with Gasteiger partial charge in [-0.25, -0.2) is 0 Å². The number of halogens is 2. The Hall–Kier alpha value is -0.0969. The number of rotatable bonds is 2. The zero-order valence-electron chi connectivity index (χ0n) is 18.4. The SMILES string of the molecule is Cc1cc(C2CCCCC2)cc2c1C=C1C2=CC(C2CCCCC2)=C[C]1(C)[Zr].Cl.Cl. The van der Waals surface area contributed by atoms with E-state index in [1.807, 2.05) is 0 Å². The maximum absolute atomic E-state index is 2.64. The Morgan fingerprint density at radius 3 is 2.07 bits per heavy atom. The fourth-order valence-corrected chi connectivity index (χ4v) is 7.07. The molecule has 0 aliphatic heterocycles. The fourth-order valence-electron chi connectivity index (χ4n) is 6.16. The van der Waals surface area contributed by atoms with E-state index in [2.05, 4.69) is 44.2 Å².